The van der Waals surface area contributed by atoms with Crippen LogP contribution in [0.2, 0.25) is 0 Å². The molecule has 3 aromatic carbocycles. The first-order valence-electron chi connectivity index (χ1n) is 8.60. The summed E-state index contributed by atoms with van der Waals surface area (Å²) in [4.78, 5) is 28.2. The van der Waals surface area contributed by atoms with Gasteiger partial charge in [-0.3, -0.25) is 9.59 Å². The number of benzene rings is 3. The SMILES string of the molecule is O=C(COC(=O)CSc1nc2ccccc2o1)Nc1ccc2ccccc2c1. The molecule has 0 radical (unpaired) electrons. The zero-order chi connectivity index (χ0) is 19.3. The predicted octanol–water partition coefficient (Wildman–Crippen LogP) is 4.26. The lowest BCUT2D eigenvalue weighted by Gasteiger charge is -2.07. The molecule has 0 atom stereocenters. The number of carbonyl (C=O) groups excluding carboxylic acids is 2. The van der Waals surface area contributed by atoms with Gasteiger partial charge < -0.3 is 14.5 Å². The number of carbonyl (C=O) groups is 2. The normalized spacial score (nSPS) is 10.9. The van der Waals surface area contributed by atoms with Crippen molar-refractivity contribution in [1.82, 2.24) is 4.98 Å². The van der Waals surface area contributed by atoms with Gasteiger partial charge in [0.1, 0.15) is 11.3 Å². The molecule has 28 heavy (non-hydrogen) atoms. The molecule has 6 nitrogen and oxygen atoms in total. The van der Waals surface area contributed by atoms with Gasteiger partial charge in [-0.2, -0.15) is 0 Å². The van der Waals surface area contributed by atoms with Crippen molar-refractivity contribution in [1.29, 1.82) is 0 Å². The summed E-state index contributed by atoms with van der Waals surface area (Å²) in [5.41, 5.74) is 2.04. The number of hydrogen-bond acceptors (Lipinski definition) is 6. The van der Waals surface area contributed by atoms with Crippen LogP contribution in [0.3, 0.4) is 0 Å². The molecule has 0 aliphatic carbocycles. The first-order chi connectivity index (χ1) is 13.7. The van der Waals surface area contributed by atoms with Crippen LogP contribution >= 0.6 is 11.8 Å². The van der Waals surface area contributed by atoms with E-state index in [4.69, 9.17) is 9.15 Å². The maximum Gasteiger partial charge on any atom is 0.316 e. The lowest BCUT2D eigenvalue weighted by atomic mass is 10.1. The Hall–Kier alpha value is -3.32. The van der Waals surface area contributed by atoms with Gasteiger partial charge in [-0.05, 0) is 35.0 Å². The van der Waals surface area contributed by atoms with Crippen molar-refractivity contribution in [2.24, 2.45) is 0 Å². The van der Waals surface area contributed by atoms with Crippen molar-refractivity contribution in [3.63, 3.8) is 0 Å². The van der Waals surface area contributed by atoms with Crippen molar-refractivity contribution in [3.8, 4) is 0 Å². The Balaban J connectivity index is 1.26. The van der Waals surface area contributed by atoms with Crippen LogP contribution in [0, 0.1) is 0 Å². The minimum absolute atomic E-state index is 0.01000. The minimum Gasteiger partial charge on any atom is -0.455 e. The number of para-hydroxylation sites is 2. The van der Waals surface area contributed by atoms with Crippen LogP contribution in [0.15, 0.2) is 76.4 Å². The molecule has 0 aliphatic rings. The van der Waals surface area contributed by atoms with Crippen LogP contribution in [0.1, 0.15) is 0 Å². The van der Waals surface area contributed by atoms with Crippen molar-refractivity contribution < 1.29 is 18.7 Å². The number of nitrogens with one attached hydrogen (secondary N) is 1. The topological polar surface area (TPSA) is 81.4 Å². The van der Waals surface area contributed by atoms with E-state index in [9.17, 15) is 9.59 Å². The first-order valence-corrected chi connectivity index (χ1v) is 9.58. The number of ether oxygens (including phenoxy) is 1. The van der Waals surface area contributed by atoms with E-state index in [2.05, 4.69) is 10.3 Å². The van der Waals surface area contributed by atoms with E-state index < -0.39 is 11.9 Å². The molecule has 0 saturated carbocycles. The van der Waals surface area contributed by atoms with Crippen molar-refractivity contribution in [2.75, 3.05) is 17.7 Å². The highest BCUT2D eigenvalue weighted by atomic mass is 32.2. The lowest BCUT2D eigenvalue weighted by molar-refractivity contribution is -0.144. The smallest absolute Gasteiger partial charge is 0.316 e. The van der Waals surface area contributed by atoms with Crippen LogP contribution in [0.5, 0.6) is 0 Å². The summed E-state index contributed by atoms with van der Waals surface area (Å²) in [6.45, 7) is -0.347. The Morgan fingerprint density at radius 2 is 1.79 bits per heavy atom. The fourth-order valence-corrected chi connectivity index (χ4v) is 3.32. The highest BCUT2D eigenvalue weighted by Gasteiger charge is 2.12. The lowest BCUT2D eigenvalue weighted by Crippen LogP contribution is -2.21. The van der Waals surface area contributed by atoms with Crippen molar-refractivity contribution in [2.45, 2.75) is 5.22 Å². The third kappa shape index (κ3) is 4.32. The summed E-state index contributed by atoms with van der Waals surface area (Å²) in [6, 6.07) is 20.8. The van der Waals surface area contributed by atoms with Gasteiger partial charge in [0.2, 0.25) is 0 Å². The molecule has 0 spiro atoms. The second kappa shape index (κ2) is 8.14. The van der Waals surface area contributed by atoms with E-state index in [1.165, 1.54) is 0 Å². The molecule has 1 aromatic heterocycles. The van der Waals surface area contributed by atoms with Crippen LogP contribution < -0.4 is 5.32 Å². The van der Waals surface area contributed by atoms with Crippen LogP contribution in [0.25, 0.3) is 21.9 Å². The molecule has 0 bridgehead atoms. The number of amides is 1. The second-order valence-electron chi connectivity index (χ2n) is 6.01. The summed E-state index contributed by atoms with van der Waals surface area (Å²) in [7, 11) is 0. The van der Waals surface area contributed by atoms with E-state index in [-0.39, 0.29) is 12.4 Å². The number of anilines is 1. The largest absolute Gasteiger partial charge is 0.455 e. The van der Waals surface area contributed by atoms with E-state index in [1.807, 2.05) is 66.7 Å². The van der Waals surface area contributed by atoms with Gasteiger partial charge >= 0.3 is 5.97 Å². The third-order valence-electron chi connectivity index (χ3n) is 3.99. The number of oxazole rings is 1. The maximum atomic E-state index is 12.0. The fraction of sp³-hybridized carbons (Fsp3) is 0.0952. The minimum atomic E-state index is -0.513. The fourth-order valence-electron chi connectivity index (χ4n) is 2.69. The van der Waals surface area contributed by atoms with E-state index >= 15 is 0 Å². The number of hydrogen-bond donors (Lipinski definition) is 1. The van der Waals surface area contributed by atoms with Crippen LogP contribution in [-0.4, -0.2) is 29.2 Å². The molecule has 1 amide bonds. The Morgan fingerprint density at radius 3 is 2.64 bits per heavy atom. The van der Waals surface area contributed by atoms with Gasteiger partial charge in [0, 0.05) is 5.69 Å². The molecule has 1 N–H and O–H groups in total. The molecule has 7 heteroatoms. The zero-order valence-corrected chi connectivity index (χ0v) is 15.6. The Morgan fingerprint density at radius 1 is 1.00 bits per heavy atom. The molecule has 0 unspecified atom stereocenters. The van der Waals surface area contributed by atoms with E-state index in [0.717, 1.165) is 28.1 Å². The average molecular weight is 392 g/mol. The van der Waals surface area contributed by atoms with Gasteiger partial charge in [0.05, 0.1) is 0 Å². The summed E-state index contributed by atoms with van der Waals surface area (Å²) in [5.74, 6) is -0.896. The molecule has 4 rings (SSSR count). The summed E-state index contributed by atoms with van der Waals surface area (Å²) in [5, 5.41) is 5.22. The van der Waals surface area contributed by atoms with Crippen molar-refractivity contribution >= 4 is 51.2 Å². The Kier molecular flexibility index (Phi) is 5.25. The zero-order valence-electron chi connectivity index (χ0n) is 14.8. The summed E-state index contributed by atoms with van der Waals surface area (Å²) in [6.07, 6.45) is 0. The Labute approximate surface area is 164 Å². The van der Waals surface area contributed by atoms with Crippen LogP contribution in [0.4, 0.5) is 5.69 Å². The molecule has 0 aliphatic heterocycles. The highest BCUT2D eigenvalue weighted by Crippen LogP contribution is 2.23. The average Bonchev–Trinajstić information content (AvgIpc) is 3.14. The van der Waals surface area contributed by atoms with Crippen molar-refractivity contribution in [3.05, 3.63) is 66.7 Å². The van der Waals surface area contributed by atoms with E-state index in [1.54, 1.807) is 0 Å². The number of rotatable bonds is 6. The highest BCUT2D eigenvalue weighted by molar-refractivity contribution is 7.99. The number of fused-ring (bicyclic) bond motifs is 2. The molecule has 0 saturated heterocycles. The second-order valence-corrected chi connectivity index (χ2v) is 6.93. The van der Waals surface area contributed by atoms with Gasteiger partial charge in [0.15, 0.2) is 12.2 Å². The standard InChI is InChI=1S/C21H16N2O4S/c24-19(22-16-10-9-14-5-1-2-6-15(14)11-16)12-26-20(25)13-28-21-23-17-7-3-4-8-18(17)27-21/h1-11H,12-13H2,(H,22,24). The molecular weight excluding hydrogens is 376 g/mol. The van der Waals surface area contributed by atoms with Crippen LogP contribution in [-0.2, 0) is 14.3 Å². The molecule has 140 valence electrons. The molecule has 0 fully saturated rings. The summed E-state index contributed by atoms with van der Waals surface area (Å²) < 4.78 is 10.5. The third-order valence-corrected chi connectivity index (χ3v) is 4.79. The number of thioether (sulfide) groups is 1. The molecular formula is C21H16N2O4S. The Bertz CT molecular complexity index is 1120. The number of esters is 1. The summed E-state index contributed by atoms with van der Waals surface area (Å²) >= 11 is 1.13. The van der Waals surface area contributed by atoms with E-state index in [0.29, 0.717) is 16.5 Å². The maximum absolute atomic E-state index is 12.0. The predicted molar refractivity (Wildman–Crippen MR) is 108 cm³/mol. The quantitative estimate of drug-likeness (QED) is 0.390. The number of aromatic nitrogens is 1. The van der Waals surface area contributed by atoms with Gasteiger partial charge in [0.25, 0.3) is 11.1 Å². The van der Waals surface area contributed by atoms with Gasteiger partial charge in [-0.15, -0.1) is 0 Å². The monoisotopic (exact) mass is 392 g/mol. The molecule has 4 aromatic rings. The van der Waals surface area contributed by atoms with Gasteiger partial charge in [-0.1, -0.05) is 54.2 Å². The molecule has 1 heterocycles. The van der Waals surface area contributed by atoms with Gasteiger partial charge in [-0.25, -0.2) is 4.98 Å². The number of nitrogens with zero attached hydrogens (tertiary/aromatic N) is 1. The first kappa shape index (κ1) is 18.1.